The van der Waals surface area contributed by atoms with E-state index in [0.717, 1.165) is 0 Å². The van der Waals surface area contributed by atoms with Crippen LogP contribution in [0.5, 0.6) is 57.5 Å². The summed E-state index contributed by atoms with van der Waals surface area (Å²) in [6.07, 6.45) is -0.143. The molecule has 1 saturated carbocycles. The van der Waals surface area contributed by atoms with Gasteiger partial charge in [0.05, 0.1) is 23.2 Å². The van der Waals surface area contributed by atoms with Gasteiger partial charge in [0.15, 0.2) is 11.6 Å². The fraction of sp³-hybridized carbons (Fsp3) is 0.179. The topological polar surface area (TPSA) is 214 Å². The van der Waals surface area contributed by atoms with Gasteiger partial charge in [-0.25, -0.2) is 0 Å². The Morgan fingerprint density at radius 1 is 0.397 bits per heavy atom. The van der Waals surface area contributed by atoms with E-state index in [-0.39, 0.29) is 57.5 Å². The molecular weight excluding hydrogens is 865 g/mol. The maximum absolute atomic E-state index is 16.7. The number of carbonyl (C=O) groups is 2. The van der Waals surface area contributed by atoms with E-state index in [2.05, 4.69) is 0 Å². The summed E-state index contributed by atoms with van der Waals surface area (Å²) in [5.74, 6) is -7.69. The number of phenols is 8. The van der Waals surface area contributed by atoms with Crippen LogP contribution in [0.25, 0.3) is 0 Å². The van der Waals surface area contributed by atoms with Crippen LogP contribution < -0.4 is 9.47 Å². The van der Waals surface area contributed by atoms with Crippen molar-refractivity contribution < 1.29 is 59.9 Å². The van der Waals surface area contributed by atoms with Crippen LogP contribution >= 0.6 is 0 Å². The van der Waals surface area contributed by atoms with Crippen LogP contribution in [0.2, 0.25) is 0 Å². The lowest BCUT2D eigenvalue weighted by Crippen LogP contribution is -2.49. The van der Waals surface area contributed by atoms with Crippen molar-refractivity contribution in [3.05, 3.63) is 201 Å². The molecule has 3 bridgehead atoms. The number of fused-ring (bicyclic) bond motifs is 9. The second-order valence-electron chi connectivity index (χ2n) is 18.9. The van der Waals surface area contributed by atoms with Crippen LogP contribution in [-0.4, -0.2) is 52.4 Å². The molecule has 12 nitrogen and oxygen atoms in total. The number of ether oxygens (including phenoxy) is 2. The summed E-state index contributed by atoms with van der Waals surface area (Å²) < 4.78 is 13.8. The van der Waals surface area contributed by atoms with Crippen LogP contribution in [0, 0.1) is 11.3 Å². The van der Waals surface area contributed by atoms with Crippen LogP contribution in [0.1, 0.15) is 103 Å². The number of carbonyl (C=O) groups excluding carboxylic acids is 2. The monoisotopic (exact) mass is 904 g/mol. The molecule has 13 rings (SSSR count). The minimum atomic E-state index is -1.64. The van der Waals surface area contributed by atoms with Gasteiger partial charge in [0.2, 0.25) is 0 Å². The molecule has 2 aliphatic heterocycles. The molecule has 0 radical (unpaired) electrons. The van der Waals surface area contributed by atoms with E-state index in [1.54, 1.807) is 72.8 Å². The molecule has 336 valence electrons. The second kappa shape index (κ2) is 13.8. The van der Waals surface area contributed by atoms with E-state index in [1.165, 1.54) is 66.7 Å². The van der Waals surface area contributed by atoms with E-state index in [1.807, 2.05) is 0 Å². The van der Waals surface area contributed by atoms with Gasteiger partial charge in [-0.2, -0.15) is 0 Å². The average Bonchev–Trinajstić information content (AvgIpc) is 3.92. The smallest absolute Gasteiger partial charge is 0.166 e. The maximum Gasteiger partial charge on any atom is 0.166 e. The molecule has 0 unspecified atom stereocenters. The van der Waals surface area contributed by atoms with Crippen LogP contribution in [0.15, 0.2) is 145 Å². The average molecular weight is 905 g/mol. The Hall–Kier alpha value is -8.38. The molecule has 6 aliphatic rings. The van der Waals surface area contributed by atoms with Gasteiger partial charge in [-0.1, -0.05) is 48.5 Å². The number of hydrogen-bond donors (Lipinski definition) is 8. The highest BCUT2D eigenvalue weighted by atomic mass is 16.5. The first kappa shape index (κ1) is 39.9. The highest BCUT2D eigenvalue weighted by molar-refractivity contribution is 6.18. The minimum absolute atomic E-state index is 0.0126. The summed E-state index contributed by atoms with van der Waals surface area (Å²) >= 11 is 0. The van der Waals surface area contributed by atoms with E-state index in [4.69, 9.17) is 9.47 Å². The third-order valence-corrected chi connectivity index (χ3v) is 15.6. The lowest BCUT2D eigenvalue weighted by molar-refractivity contribution is -0.135. The Labute approximate surface area is 387 Å². The standard InChI is InChI=1S/C56H40O12/c57-29-9-1-24(2-10-29)42-48-38(64)22-37-46-44-36(20-35(63)21-40(44)67-54(46)27-7-15-32(60)16-8-27)45-47-39(65)23-41-49(50(47)52(42)56(37,55(48)66)51(45)25-3-11-30(58)12-4-25)43(28-17-33(61)19-34(62)18-28)53(68-41)26-5-13-31(59)14-6-26/h1-23,42-43,45-46,48,51-54,57-63,65H/t42-,43+,45+,46-,48-,51+,52+,53+,54+,56-/m1/s1. The molecule has 0 amide bonds. The summed E-state index contributed by atoms with van der Waals surface area (Å²) in [5.41, 5.74) is 4.33. The Bertz CT molecular complexity index is 3340. The number of ketones is 2. The van der Waals surface area contributed by atoms with Gasteiger partial charge < -0.3 is 50.3 Å². The highest BCUT2D eigenvalue weighted by Crippen LogP contribution is 2.80. The largest absolute Gasteiger partial charge is 0.508 e. The number of benzene rings is 7. The lowest BCUT2D eigenvalue weighted by atomic mass is 9.48. The van der Waals surface area contributed by atoms with Gasteiger partial charge in [0, 0.05) is 58.6 Å². The molecule has 0 aromatic heterocycles. The van der Waals surface area contributed by atoms with Gasteiger partial charge in [-0.15, -0.1) is 0 Å². The number of phenolic OH excluding ortho intramolecular Hbond substituents is 8. The Balaban J connectivity index is 1.21. The van der Waals surface area contributed by atoms with E-state index in [0.29, 0.717) is 67.0 Å². The molecule has 68 heavy (non-hydrogen) atoms. The number of Topliss-reactive ketones (excluding diaryl/α,β-unsaturated/α-hetero) is 1. The maximum atomic E-state index is 16.7. The van der Waals surface area contributed by atoms with Gasteiger partial charge in [0.1, 0.15) is 69.7 Å². The normalized spacial score (nSPS) is 27.6. The Kier molecular flexibility index (Phi) is 8.12. The third kappa shape index (κ3) is 5.25. The van der Waals surface area contributed by atoms with Crippen molar-refractivity contribution >= 4 is 11.6 Å². The van der Waals surface area contributed by atoms with Crippen LogP contribution in [0.4, 0.5) is 0 Å². The van der Waals surface area contributed by atoms with Crippen molar-refractivity contribution in [2.45, 2.75) is 47.7 Å². The van der Waals surface area contributed by atoms with Crippen LogP contribution in [-0.2, 0) is 9.59 Å². The van der Waals surface area contributed by atoms with Crippen molar-refractivity contribution in [1.82, 2.24) is 0 Å². The minimum Gasteiger partial charge on any atom is -0.508 e. The molecule has 1 spiro atoms. The zero-order valence-electron chi connectivity index (χ0n) is 35.7. The van der Waals surface area contributed by atoms with Crippen molar-refractivity contribution in [2.24, 2.45) is 11.3 Å². The highest BCUT2D eigenvalue weighted by Gasteiger charge is 2.76. The van der Waals surface area contributed by atoms with Crippen molar-refractivity contribution in [3.63, 3.8) is 0 Å². The molecule has 7 aromatic rings. The second-order valence-corrected chi connectivity index (χ2v) is 18.9. The van der Waals surface area contributed by atoms with E-state index >= 15 is 9.59 Å². The first-order chi connectivity index (χ1) is 32.8. The fourth-order valence-electron chi connectivity index (χ4n) is 13.4. The number of rotatable bonds is 5. The summed E-state index contributed by atoms with van der Waals surface area (Å²) in [6, 6.07) is 35.0. The van der Waals surface area contributed by atoms with Gasteiger partial charge in [-0.05, 0) is 117 Å². The molecular formula is C56H40O12. The third-order valence-electron chi connectivity index (χ3n) is 15.6. The molecule has 0 saturated heterocycles. The molecule has 1 fully saturated rings. The van der Waals surface area contributed by atoms with Gasteiger partial charge in [-0.3, -0.25) is 9.59 Å². The molecule has 10 atom stereocenters. The SMILES string of the molecule is O=C1C=C2[C@@H]3c4c(cc(O)cc4[C@H]4c5c(O)cc6c(c5[C@@H]5[C@H](c7ccc(O)cc7)[C@@H]1C(=O)[C@@]25[C@H]4c1ccc(O)cc1)[C@H](c1cc(O)cc(O)c1)[C@H](c1ccc(O)cc1)O6)O[C@H]3c1ccc(O)cc1. The summed E-state index contributed by atoms with van der Waals surface area (Å²) in [5, 5.41) is 89.3. The Morgan fingerprint density at radius 3 is 1.47 bits per heavy atom. The van der Waals surface area contributed by atoms with Crippen molar-refractivity contribution in [3.8, 4) is 57.5 Å². The number of aromatic hydroxyl groups is 8. The molecule has 8 N–H and O–H groups in total. The lowest BCUT2D eigenvalue weighted by Gasteiger charge is -2.52. The van der Waals surface area contributed by atoms with E-state index < -0.39 is 64.8 Å². The predicted molar refractivity (Wildman–Crippen MR) is 244 cm³/mol. The summed E-state index contributed by atoms with van der Waals surface area (Å²) in [7, 11) is 0. The van der Waals surface area contributed by atoms with Gasteiger partial charge >= 0.3 is 0 Å². The number of hydrogen-bond acceptors (Lipinski definition) is 12. The zero-order chi connectivity index (χ0) is 46.7. The van der Waals surface area contributed by atoms with Crippen LogP contribution in [0.3, 0.4) is 0 Å². The molecule has 7 aromatic carbocycles. The predicted octanol–water partition coefficient (Wildman–Crippen LogP) is 9.32. The molecule has 12 heteroatoms. The van der Waals surface area contributed by atoms with Gasteiger partial charge in [0.25, 0.3) is 0 Å². The van der Waals surface area contributed by atoms with E-state index in [9.17, 15) is 40.9 Å². The molecule has 2 heterocycles. The first-order valence-corrected chi connectivity index (χ1v) is 22.4. The van der Waals surface area contributed by atoms with Crippen molar-refractivity contribution in [1.29, 1.82) is 0 Å². The number of allylic oxidation sites excluding steroid dienone is 1. The zero-order valence-corrected chi connectivity index (χ0v) is 35.7. The molecule has 4 aliphatic carbocycles. The summed E-state index contributed by atoms with van der Waals surface area (Å²) in [6.45, 7) is 0. The fourth-order valence-corrected chi connectivity index (χ4v) is 13.4. The summed E-state index contributed by atoms with van der Waals surface area (Å²) in [4.78, 5) is 32.0. The first-order valence-electron chi connectivity index (χ1n) is 22.4. The van der Waals surface area contributed by atoms with Crippen molar-refractivity contribution in [2.75, 3.05) is 0 Å². The Morgan fingerprint density at radius 2 is 0.897 bits per heavy atom. The quantitative estimate of drug-likeness (QED) is 0.0759.